The number of hydrogen-bond donors (Lipinski definition) is 1. The highest BCUT2D eigenvalue weighted by molar-refractivity contribution is 4.88. The van der Waals surface area contributed by atoms with Gasteiger partial charge in [0, 0.05) is 19.5 Å². The first-order valence-corrected chi connectivity index (χ1v) is 6.44. The summed E-state index contributed by atoms with van der Waals surface area (Å²) in [5, 5.41) is 13.8. The molecule has 1 aliphatic rings. The zero-order valence-corrected chi connectivity index (χ0v) is 10.6. The average molecular weight is 239 g/mol. The van der Waals surface area contributed by atoms with Crippen LogP contribution in [0.25, 0.3) is 0 Å². The molecule has 0 aromatic carbocycles. The van der Waals surface area contributed by atoms with Crippen LogP contribution in [0.5, 0.6) is 0 Å². The topological polar surface area (TPSA) is 62.4 Å². The SMILES string of the molecule is CCc1nc(CN2CCC(O)C(CC)C2)no1. The second-order valence-electron chi connectivity index (χ2n) is 4.72. The summed E-state index contributed by atoms with van der Waals surface area (Å²) in [4.78, 5) is 6.61. The van der Waals surface area contributed by atoms with Crippen molar-refractivity contribution in [2.75, 3.05) is 13.1 Å². The zero-order chi connectivity index (χ0) is 12.3. The van der Waals surface area contributed by atoms with E-state index in [0.29, 0.717) is 11.8 Å². The van der Waals surface area contributed by atoms with Crippen molar-refractivity contribution in [2.45, 2.75) is 45.8 Å². The van der Waals surface area contributed by atoms with Gasteiger partial charge in [-0.2, -0.15) is 4.98 Å². The molecule has 96 valence electrons. The van der Waals surface area contributed by atoms with Crippen molar-refractivity contribution in [1.29, 1.82) is 0 Å². The lowest BCUT2D eigenvalue weighted by molar-refractivity contribution is 0.0211. The van der Waals surface area contributed by atoms with Crippen molar-refractivity contribution >= 4 is 0 Å². The van der Waals surface area contributed by atoms with E-state index in [1.54, 1.807) is 0 Å². The van der Waals surface area contributed by atoms with E-state index in [-0.39, 0.29) is 6.10 Å². The molecule has 0 bridgehead atoms. The van der Waals surface area contributed by atoms with Gasteiger partial charge in [-0.15, -0.1) is 0 Å². The molecule has 17 heavy (non-hydrogen) atoms. The Bertz CT molecular complexity index is 353. The maximum Gasteiger partial charge on any atom is 0.226 e. The van der Waals surface area contributed by atoms with Crippen LogP contribution in [0.1, 0.15) is 38.4 Å². The summed E-state index contributed by atoms with van der Waals surface area (Å²) in [5.74, 6) is 1.83. The number of aryl methyl sites for hydroxylation is 1. The van der Waals surface area contributed by atoms with Crippen molar-refractivity contribution in [1.82, 2.24) is 15.0 Å². The first-order chi connectivity index (χ1) is 8.22. The van der Waals surface area contributed by atoms with Gasteiger partial charge in [-0.25, -0.2) is 0 Å². The fourth-order valence-corrected chi connectivity index (χ4v) is 2.34. The monoisotopic (exact) mass is 239 g/mol. The summed E-state index contributed by atoms with van der Waals surface area (Å²) in [5.41, 5.74) is 0. The number of rotatable bonds is 4. The lowest BCUT2D eigenvalue weighted by Gasteiger charge is -2.35. The van der Waals surface area contributed by atoms with E-state index >= 15 is 0 Å². The molecule has 2 atom stereocenters. The number of piperidine rings is 1. The van der Waals surface area contributed by atoms with Crippen LogP contribution >= 0.6 is 0 Å². The second-order valence-corrected chi connectivity index (χ2v) is 4.72. The van der Waals surface area contributed by atoms with Crippen LogP contribution in [0.15, 0.2) is 4.52 Å². The summed E-state index contributed by atoms with van der Waals surface area (Å²) in [6.45, 7) is 6.69. The van der Waals surface area contributed by atoms with E-state index in [1.165, 1.54) is 0 Å². The van der Waals surface area contributed by atoms with Gasteiger partial charge < -0.3 is 9.63 Å². The Morgan fingerprint density at radius 2 is 2.29 bits per heavy atom. The minimum atomic E-state index is -0.146. The van der Waals surface area contributed by atoms with Gasteiger partial charge in [0.25, 0.3) is 0 Å². The van der Waals surface area contributed by atoms with Crippen molar-refractivity contribution in [3.63, 3.8) is 0 Å². The number of aliphatic hydroxyl groups excluding tert-OH is 1. The summed E-state index contributed by atoms with van der Waals surface area (Å²) < 4.78 is 5.09. The molecule has 5 nitrogen and oxygen atoms in total. The standard InChI is InChI=1S/C12H21N3O2/c1-3-9-7-15(6-5-10(9)16)8-11-13-12(4-2)17-14-11/h9-10,16H,3-8H2,1-2H3. The number of nitrogens with zero attached hydrogens (tertiary/aromatic N) is 3. The normalized spacial score (nSPS) is 26.3. The summed E-state index contributed by atoms with van der Waals surface area (Å²) >= 11 is 0. The molecule has 1 N–H and O–H groups in total. The predicted molar refractivity (Wildman–Crippen MR) is 63.4 cm³/mol. The van der Waals surface area contributed by atoms with Crippen LogP contribution in [-0.2, 0) is 13.0 Å². The smallest absolute Gasteiger partial charge is 0.226 e. The van der Waals surface area contributed by atoms with Crippen LogP contribution < -0.4 is 0 Å². The largest absolute Gasteiger partial charge is 0.393 e. The van der Waals surface area contributed by atoms with Crippen LogP contribution in [0.2, 0.25) is 0 Å². The maximum atomic E-state index is 9.82. The molecule has 2 rings (SSSR count). The molecule has 0 aliphatic carbocycles. The lowest BCUT2D eigenvalue weighted by Crippen LogP contribution is -2.42. The highest BCUT2D eigenvalue weighted by Crippen LogP contribution is 2.21. The van der Waals surface area contributed by atoms with Crippen molar-refractivity contribution in [3.8, 4) is 0 Å². The number of likely N-dealkylation sites (tertiary alicyclic amines) is 1. The second kappa shape index (κ2) is 5.60. The molecule has 0 saturated carbocycles. The van der Waals surface area contributed by atoms with E-state index in [4.69, 9.17) is 4.52 Å². The molecule has 1 aromatic heterocycles. The molecule has 2 heterocycles. The van der Waals surface area contributed by atoms with Crippen LogP contribution in [0.3, 0.4) is 0 Å². The Balaban J connectivity index is 1.90. The highest BCUT2D eigenvalue weighted by atomic mass is 16.5. The van der Waals surface area contributed by atoms with Crippen molar-refractivity contribution in [3.05, 3.63) is 11.7 Å². The maximum absolute atomic E-state index is 9.82. The van der Waals surface area contributed by atoms with Gasteiger partial charge >= 0.3 is 0 Å². The Hall–Kier alpha value is -0.940. The highest BCUT2D eigenvalue weighted by Gasteiger charge is 2.26. The third-order valence-corrected chi connectivity index (χ3v) is 3.48. The first-order valence-electron chi connectivity index (χ1n) is 6.44. The van der Waals surface area contributed by atoms with Crippen molar-refractivity contribution < 1.29 is 9.63 Å². The molecule has 5 heteroatoms. The Kier molecular flexibility index (Phi) is 4.12. The molecule has 0 amide bonds. The van der Waals surface area contributed by atoms with E-state index in [1.807, 2.05) is 6.92 Å². The minimum absolute atomic E-state index is 0.146. The third kappa shape index (κ3) is 3.04. The van der Waals surface area contributed by atoms with Gasteiger partial charge in [0.05, 0.1) is 12.6 Å². The summed E-state index contributed by atoms with van der Waals surface area (Å²) in [6.07, 6.45) is 2.50. The molecule has 0 radical (unpaired) electrons. The first kappa shape index (κ1) is 12.5. The molecular weight excluding hydrogens is 218 g/mol. The Morgan fingerprint density at radius 3 is 2.94 bits per heavy atom. The third-order valence-electron chi connectivity index (χ3n) is 3.48. The number of aliphatic hydroxyl groups is 1. The van der Waals surface area contributed by atoms with Gasteiger partial charge in [-0.1, -0.05) is 19.0 Å². The molecule has 2 unspecified atom stereocenters. The molecule has 1 aromatic rings. The quantitative estimate of drug-likeness (QED) is 0.856. The van der Waals surface area contributed by atoms with Gasteiger partial charge in [0.2, 0.25) is 5.89 Å². The van der Waals surface area contributed by atoms with E-state index in [0.717, 1.165) is 44.7 Å². The number of aromatic nitrogens is 2. The van der Waals surface area contributed by atoms with Gasteiger partial charge in [-0.05, 0) is 18.8 Å². The molecule has 1 aliphatic heterocycles. The van der Waals surface area contributed by atoms with Crippen LogP contribution in [-0.4, -0.2) is 39.3 Å². The lowest BCUT2D eigenvalue weighted by atomic mass is 9.92. The average Bonchev–Trinajstić information content (AvgIpc) is 2.79. The van der Waals surface area contributed by atoms with E-state index in [9.17, 15) is 5.11 Å². The fourth-order valence-electron chi connectivity index (χ4n) is 2.34. The van der Waals surface area contributed by atoms with E-state index < -0.39 is 0 Å². The van der Waals surface area contributed by atoms with Crippen LogP contribution in [0.4, 0.5) is 0 Å². The van der Waals surface area contributed by atoms with Gasteiger partial charge in [0.1, 0.15) is 0 Å². The summed E-state index contributed by atoms with van der Waals surface area (Å²) in [7, 11) is 0. The number of hydrogen-bond acceptors (Lipinski definition) is 5. The Labute approximate surface area is 102 Å². The minimum Gasteiger partial charge on any atom is -0.393 e. The van der Waals surface area contributed by atoms with Gasteiger partial charge in [0.15, 0.2) is 5.82 Å². The molecule has 1 fully saturated rings. The van der Waals surface area contributed by atoms with Crippen molar-refractivity contribution in [2.24, 2.45) is 5.92 Å². The van der Waals surface area contributed by atoms with Crippen LogP contribution in [0, 0.1) is 5.92 Å². The molecule has 0 spiro atoms. The zero-order valence-electron chi connectivity index (χ0n) is 10.6. The predicted octanol–water partition coefficient (Wildman–Crippen LogP) is 1.22. The van der Waals surface area contributed by atoms with E-state index in [2.05, 4.69) is 22.0 Å². The van der Waals surface area contributed by atoms with Gasteiger partial charge in [-0.3, -0.25) is 4.90 Å². The molecular formula is C12H21N3O2. The Morgan fingerprint density at radius 1 is 1.47 bits per heavy atom. The summed E-state index contributed by atoms with van der Waals surface area (Å²) in [6, 6.07) is 0. The fraction of sp³-hybridized carbons (Fsp3) is 0.833. The molecule has 1 saturated heterocycles.